The lowest BCUT2D eigenvalue weighted by Gasteiger charge is -2.29. The Hall–Kier alpha value is -1.91. The van der Waals surface area contributed by atoms with E-state index in [0.717, 1.165) is 35.6 Å². The normalized spacial score (nSPS) is 15.8. The number of fused-ring (bicyclic) bond motifs is 1. The highest BCUT2D eigenvalue weighted by Crippen LogP contribution is 2.39. The molecule has 1 unspecified atom stereocenters. The largest absolute Gasteiger partial charge is 0.507 e. The number of aromatic hydroxyl groups is 1. The second-order valence-corrected chi connectivity index (χ2v) is 6.50. The van der Waals surface area contributed by atoms with Gasteiger partial charge in [0, 0.05) is 6.54 Å². The van der Waals surface area contributed by atoms with Gasteiger partial charge >= 0.3 is 0 Å². The molecule has 0 bridgehead atoms. The zero-order valence-corrected chi connectivity index (χ0v) is 16.7. The molecule has 3 rings (SSSR count). The number of phenolic OH excluding ortho intramolecular Hbond substituents is 1. The van der Waals surface area contributed by atoms with Crippen LogP contribution in [0.4, 0.5) is 0 Å². The third-order valence-corrected chi connectivity index (χ3v) is 4.71. The summed E-state index contributed by atoms with van der Waals surface area (Å²) >= 11 is 0. The molecule has 0 aromatic heterocycles. The van der Waals surface area contributed by atoms with Crippen LogP contribution < -0.4 is 14.8 Å². The molecule has 2 aromatic carbocycles. The molecule has 2 N–H and O–H groups in total. The summed E-state index contributed by atoms with van der Waals surface area (Å²) in [5, 5.41) is 13.7. The van der Waals surface area contributed by atoms with Gasteiger partial charge in [-0.25, -0.2) is 0 Å². The second kappa shape index (κ2) is 8.65. The van der Waals surface area contributed by atoms with Gasteiger partial charge in [0.05, 0.1) is 19.3 Å². The van der Waals surface area contributed by atoms with Crippen LogP contribution in [0.2, 0.25) is 0 Å². The number of hydrogen-bond donors (Lipinski definition) is 2. The first-order valence-corrected chi connectivity index (χ1v) is 9.01. The lowest BCUT2D eigenvalue weighted by molar-refractivity contribution is 0.286. The van der Waals surface area contributed by atoms with E-state index >= 15 is 0 Å². The molecule has 0 aliphatic carbocycles. The summed E-state index contributed by atoms with van der Waals surface area (Å²) < 4.78 is 11.6. The van der Waals surface area contributed by atoms with Crippen LogP contribution in [0, 0.1) is 13.8 Å². The van der Waals surface area contributed by atoms with Crippen molar-refractivity contribution in [2.45, 2.75) is 40.2 Å². The number of phenols is 1. The van der Waals surface area contributed by atoms with E-state index < -0.39 is 0 Å². The van der Waals surface area contributed by atoms with Crippen LogP contribution in [0.25, 0.3) is 0 Å². The van der Waals surface area contributed by atoms with Crippen molar-refractivity contribution in [3.05, 3.63) is 52.1 Å². The van der Waals surface area contributed by atoms with Gasteiger partial charge in [0.1, 0.15) is 5.75 Å². The van der Waals surface area contributed by atoms with Crippen molar-refractivity contribution in [3.8, 4) is 17.2 Å². The molecule has 1 aliphatic heterocycles. The predicted molar refractivity (Wildman–Crippen MR) is 107 cm³/mol. The highest BCUT2D eigenvalue weighted by atomic mass is 35.5. The van der Waals surface area contributed by atoms with Gasteiger partial charge in [0.25, 0.3) is 0 Å². The summed E-state index contributed by atoms with van der Waals surface area (Å²) in [6.45, 7) is 10.00. The van der Waals surface area contributed by atoms with E-state index in [0.29, 0.717) is 19.0 Å². The summed E-state index contributed by atoms with van der Waals surface area (Å²) in [4.78, 5) is 0. The van der Waals surface area contributed by atoms with Gasteiger partial charge in [-0.1, -0.05) is 12.1 Å². The fraction of sp³-hybridized carbons (Fsp3) is 0.429. The van der Waals surface area contributed by atoms with Crippen molar-refractivity contribution >= 4 is 12.4 Å². The van der Waals surface area contributed by atoms with Crippen molar-refractivity contribution < 1.29 is 14.6 Å². The fourth-order valence-corrected chi connectivity index (χ4v) is 3.55. The maximum atomic E-state index is 10.1. The molecule has 1 heterocycles. The van der Waals surface area contributed by atoms with E-state index in [9.17, 15) is 5.11 Å². The SMILES string of the molecule is CCOc1cc2c(cc1OCC)C(c1cc(C)c(O)c(C)c1)NCC2.Cl. The molecule has 142 valence electrons. The topological polar surface area (TPSA) is 50.7 Å². The minimum absolute atomic E-state index is 0. The number of benzene rings is 2. The van der Waals surface area contributed by atoms with Gasteiger partial charge < -0.3 is 19.9 Å². The molecule has 2 aromatic rings. The highest BCUT2D eigenvalue weighted by molar-refractivity contribution is 5.85. The number of ether oxygens (including phenoxy) is 2. The Kier molecular flexibility index (Phi) is 6.79. The van der Waals surface area contributed by atoms with Crippen LogP contribution in [0.1, 0.15) is 47.7 Å². The Labute approximate surface area is 161 Å². The standard InChI is InChI=1S/C21H27NO3.ClH/c1-5-24-18-11-15-7-8-22-20(17(15)12-19(18)25-6-2)16-9-13(3)21(23)14(4)10-16;/h9-12,20,22-23H,5-8H2,1-4H3;1H. The van der Waals surface area contributed by atoms with Crippen LogP contribution in [0.5, 0.6) is 17.2 Å². The Morgan fingerprint density at radius 2 is 1.58 bits per heavy atom. The molecule has 0 saturated heterocycles. The predicted octanol–water partition coefficient (Wildman–Crippen LogP) is 4.46. The van der Waals surface area contributed by atoms with Gasteiger partial charge in [0.15, 0.2) is 11.5 Å². The Balaban J connectivity index is 0.00000243. The number of halogens is 1. The van der Waals surface area contributed by atoms with Crippen molar-refractivity contribution in [2.24, 2.45) is 0 Å². The van der Waals surface area contributed by atoms with Crippen LogP contribution in [-0.2, 0) is 6.42 Å². The molecule has 4 nitrogen and oxygen atoms in total. The Morgan fingerprint density at radius 1 is 1.00 bits per heavy atom. The average molecular weight is 378 g/mol. The third kappa shape index (κ3) is 3.92. The van der Waals surface area contributed by atoms with E-state index in [1.54, 1.807) is 0 Å². The molecule has 1 aliphatic rings. The summed E-state index contributed by atoms with van der Waals surface area (Å²) in [6, 6.07) is 8.45. The van der Waals surface area contributed by atoms with Crippen molar-refractivity contribution in [2.75, 3.05) is 19.8 Å². The molecule has 1 atom stereocenters. The molecule has 0 saturated carbocycles. The third-order valence-electron chi connectivity index (χ3n) is 4.71. The molecular weight excluding hydrogens is 350 g/mol. The highest BCUT2D eigenvalue weighted by Gasteiger charge is 2.25. The quantitative estimate of drug-likeness (QED) is 0.807. The minimum Gasteiger partial charge on any atom is -0.507 e. The van der Waals surface area contributed by atoms with E-state index in [4.69, 9.17) is 9.47 Å². The summed E-state index contributed by atoms with van der Waals surface area (Å²) in [5.74, 6) is 1.99. The molecule has 0 fully saturated rings. The second-order valence-electron chi connectivity index (χ2n) is 6.50. The molecule has 0 radical (unpaired) electrons. The zero-order chi connectivity index (χ0) is 18.0. The van der Waals surface area contributed by atoms with Crippen LogP contribution in [0.15, 0.2) is 24.3 Å². The zero-order valence-electron chi connectivity index (χ0n) is 15.9. The molecular formula is C21H28ClNO3. The van der Waals surface area contributed by atoms with Crippen molar-refractivity contribution in [1.29, 1.82) is 0 Å². The molecule has 0 amide bonds. The fourth-order valence-electron chi connectivity index (χ4n) is 3.55. The molecule has 26 heavy (non-hydrogen) atoms. The number of rotatable bonds is 5. The van der Waals surface area contributed by atoms with Gasteiger partial charge in [-0.05, 0) is 74.1 Å². The van der Waals surface area contributed by atoms with Crippen LogP contribution in [-0.4, -0.2) is 24.9 Å². The maximum Gasteiger partial charge on any atom is 0.161 e. The van der Waals surface area contributed by atoms with Crippen molar-refractivity contribution in [1.82, 2.24) is 5.32 Å². The minimum atomic E-state index is 0. The number of nitrogens with one attached hydrogen (secondary N) is 1. The lowest BCUT2D eigenvalue weighted by atomic mass is 9.88. The first-order chi connectivity index (χ1) is 12.0. The van der Waals surface area contributed by atoms with Gasteiger partial charge in [-0.3, -0.25) is 0 Å². The number of aryl methyl sites for hydroxylation is 2. The van der Waals surface area contributed by atoms with E-state index in [1.165, 1.54) is 16.7 Å². The van der Waals surface area contributed by atoms with Gasteiger partial charge in [-0.15, -0.1) is 12.4 Å². The summed E-state index contributed by atoms with van der Waals surface area (Å²) in [6.07, 6.45) is 0.967. The van der Waals surface area contributed by atoms with Crippen molar-refractivity contribution in [3.63, 3.8) is 0 Å². The average Bonchev–Trinajstić information content (AvgIpc) is 2.59. The first-order valence-electron chi connectivity index (χ1n) is 9.01. The van der Waals surface area contributed by atoms with Crippen LogP contribution >= 0.6 is 12.4 Å². The Morgan fingerprint density at radius 3 is 2.15 bits per heavy atom. The summed E-state index contributed by atoms with van der Waals surface area (Å²) in [7, 11) is 0. The summed E-state index contributed by atoms with van der Waals surface area (Å²) in [5.41, 5.74) is 5.49. The van der Waals surface area contributed by atoms with Gasteiger partial charge in [-0.2, -0.15) is 0 Å². The monoisotopic (exact) mass is 377 g/mol. The maximum absolute atomic E-state index is 10.1. The van der Waals surface area contributed by atoms with E-state index in [1.807, 2.05) is 27.7 Å². The van der Waals surface area contributed by atoms with E-state index in [-0.39, 0.29) is 18.4 Å². The van der Waals surface area contributed by atoms with Gasteiger partial charge in [0.2, 0.25) is 0 Å². The molecule has 0 spiro atoms. The first kappa shape index (κ1) is 20.4. The smallest absolute Gasteiger partial charge is 0.161 e. The van der Waals surface area contributed by atoms with E-state index in [2.05, 4.69) is 29.6 Å². The van der Waals surface area contributed by atoms with Crippen LogP contribution in [0.3, 0.4) is 0 Å². The lowest BCUT2D eigenvalue weighted by Crippen LogP contribution is -2.30. The number of hydrogen-bond acceptors (Lipinski definition) is 4. The Bertz CT molecular complexity index is 753. The molecule has 5 heteroatoms.